The highest BCUT2D eigenvalue weighted by atomic mass is 35.5. The highest BCUT2D eigenvalue weighted by Crippen LogP contribution is 2.28. The summed E-state index contributed by atoms with van der Waals surface area (Å²) in [5.74, 6) is 0.196. The van der Waals surface area contributed by atoms with Crippen molar-refractivity contribution in [2.75, 3.05) is 18.5 Å². The van der Waals surface area contributed by atoms with E-state index in [1.807, 2.05) is 26.0 Å². The number of halogens is 2. The maximum absolute atomic E-state index is 8.88. The molecule has 0 radical (unpaired) electrons. The Morgan fingerprint density at radius 2 is 2.00 bits per heavy atom. The van der Waals surface area contributed by atoms with Gasteiger partial charge in [-0.05, 0) is 30.5 Å². The van der Waals surface area contributed by atoms with Crippen molar-refractivity contribution in [1.82, 2.24) is 0 Å². The molecule has 0 spiro atoms. The van der Waals surface area contributed by atoms with E-state index >= 15 is 0 Å². The number of aryl methyl sites for hydroxylation is 1. The van der Waals surface area contributed by atoms with Gasteiger partial charge in [-0.3, -0.25) is 0 Å². The maximum atomic E-state index is 8.88. The lowest BCUT2D eigenvalue weighted by Gasteiger charge is -2.13. The second kappa shape index (κ2) is 5.59. The van der Waals surface area contributed by atoms with E-state index in [9.17, 15) is 0 Å². The monoisotopic (exact) mass is 247 g/mol. The Morgan fingerprint density at radius 3 is 2.60 bits per heavy atom. The van der Waals surface area contributed by atoms with Crippen molar-refractivity contribution in [1.29, 1.82) is 0 Å². The molecule has 0 heterocycles. The van der Waals surface area contributed by atoms with Gasteiger partial charge in [0, 0.05) is 18.2 Å². The van der Waals surface area contributed by atoms with Crippen molar-refractivity contribution in [2.24, 2.45) is 5.92 Å². The number of aliphatic hydroxyl groups excluding tert-OH is 1. The van der Waals surface area contributed by atoms with Crippen LogP contribution in [0.5, 0.6) is 0 Å². The zero-order chi connectivity index (χ0) is 11.4. The number of nitrogens with one attached hydrogen (secondary N) is 1. The Morgan fingerprint density at radius 1 is 1.33 bits per heavy atom. The van der Waals surface area contributed by atoms with Gasteiger partial charge in [-0.1, -0.05) is 30.1 Å². The van der Waals surface area contributed by atoms with E-state index in [2.05, 4.69) is 5.32 Å². The molecule has 1 rings (SSSR count). The van der Waals surface area contributed by atoms with Crippen LogP contribution in [0.3, 0.4) is 0 Å². The fraction of sp³-hybridized carbons (Fsp3) is 0.455. The highest BCUT2D eigenvalue weighted by molar-refractivity contribution is 6.35. The molecule has 0 aliphatic heterocycles. The van der Waals surface area contributed by atoms with E-state index in [-0.39, 0.29) is 12.5 Å². The average Bonchev–Trinajstić information content (AvgIpc) is 2.21. The zero-order valence-electron chi connectivity index (χ0n) is 8.85. The molecule has 0 aliphatic carbocycles. The van der Waals surface area contributed by atoms with Crippen LogP contribution in [0.1, 0.15) is 12.5 Å². The minimum atomic E-state index is 0.157. The van der Waals surface area contributed by atoms with E-state index in [0.29, 0.717) is 16.6 Å². The van der Waals surface area contributed by atoms with Crippen molar-refractivity contribution >= 4 is 28.9 Å². The fourth-order valence-electron chi connectivity index (χ4n) is 1.13. The summed E-state index contributed by atoms with van der Waals surface area (Å²) in [4.78, 5) is 0. The molecule has 2 nitrogen and oxygen atoms in total. The van der Waals surface area contributed by atoms with Gasteiger partial charge in [-0.15, -0.1) is 0 Å². The van der Waals surface area contributed by atoms with Crippen LogP contribution in [0.2, 0.25) is 10.0 Å². The van der Waals surface area contributed by atoms with Gasteiger partial charge in [0.1, 0.15) is 0 Å². The van der Waals surface area contributed by atoms with Gasteiger partial charge in [0.05, 0.1) is 10.7 Å². The van der Waals surface area contributed by atoms with Gasteiger partial charge in [0.2, 0.25) is 0 Å². The minimum Gasteiger partial charge on any atom is -0.396 e. The molecule has 0 fully saturated rings. The van der Waals surface area contributed by atoms with Crippen molar-refractivity contribution < 1.29 is 5.11 Å². The summed E-state index contributed by atoms with van der Waals surface area (Å²) in [5, 5.41) is 13.4. The molecule has 0 aromatic heterocycles. The smallest absolute Gasteiger partial charge is 0.0641 e. The Kier molecular flexibility index (Phi) is 4.71. The number of rotatable bonds is 4. The molecule has 4 heteroatoms. The predicted octanol–water partition coefficient (Wildman–Crippen LogP) is 3.34. The average molecular weight is 248 g/mol. The lowest BCUT2D eigenvalue weighted by Crippen LogP contribution is -2.14. The van der Waals surface area contributed by atoms with Gasteiger partial charge < -0.3 is 10.4 Å². The quantitative estimate of drug-likeness (QED) is 0.856. The van der Waals surface area contributed by atoms with Gasteiger partial charge in [-0.2, -0.15) is 0 Å². The van der Waals surface area contributed by atoms with E-state index in [1.165, 1.54) is 0 Å². The van der Waals surface area contributed by atoms with Crippen LogP contribution in [0.15, 0.2) is 12.1 Å². The van der Waals surface area contributed by atoms with E-state index in [4.69, 9.17) is 28.3 Å². The Bertz CT molecular complexity index is 342. The van der Waals surface area contributed by atoms with Gasteiger partial charge in [0.15, 0.2) is 0 Å². The fourth-order valence-corrected chi connectivity index (χ4v) is 1.58. The summed E-state index contributed by atoms with van der Waals surface area (Å²) in [6.45, 7) is 4.70. The minimum absolute atomic E-state index is 0.157. The van der Waals surface area contributed by atoms with Crippen LogP contribution in [0.25, 0.3) is 0 Å². The summed E-state index contributed by atoms with van der Waals surface area (Å²) in [7, 11) is 0. The molecule has 0 saturated carbocycles. The molecule has 84 valence electrons. The van der Waals surface area contributed by atoms with E-state index in [0.717, 1.165) is 11.3 Å². The molecule has 1 aromatic rings. The lowest BCUT2D eigenvalue weighted by atomic mass is 10.2. The summed E-state index contributed by atoms with van der Waals surface area (Å²) in [5.41, 5.74) is 1.77. The molecule has 0 bridgehead atoms. The molecule has 0 saturated heterocycles. The summed E-state index contributed by atoms with van der Waals surface area (Å²) >= 11 is 12.0. The van der Waals surface area contributed by atoms with Crippen LogP contribution >= 0.6 is 23.2 Å². The first-order valence-electron chi connectivity index (χ1n) is 4.85. The first kappa shape index (κ1) is 12.6. The van der Waals surface area contributed by atoms with Gasteiger partial charge in [-0.25, -0.2) is 0 Å². The number of hydrogen-bond donors (Lipinski definition) is 2. The van der Waals surface area contributed by atoms with Gasteiger partial charge >= 0.3 is 0 Å². The number of anilines is 1. The van der Waals surface area contributed by atoms with Crippen LogP contribution in [-0.4, -0.2) is 18.3 Å². The first-order valence-corrected chi connectivity index (χ1v) is 5.60. The molecular formula is C11H15Cl2NO. The molecule has 0 amide bonds. The SMILES string of the molecule is Cc1cc(Cl)c(NCC(C)CO)cc1Cl. The third kappa shape index (κ3) is 3.56. The normalized spacial score (nSPS) is 12.6. The summed E-state index contributed by atoms with van der Waals surface area (Å²) in [6, 6.07) is 3.64. The van der Waals surface area contributed by atoms with Gasteiger partial charge in [0.25, 0.3) is 0 Å². The van der Waals surface area contributed by atoms with Crippen LogP contribution < -0.4 is 5.32 Å². The third-order valence-corrected chi connectivity index (χ3v) is 2.92. The molecule has 2 N–H and O–H groups in total. The molecular weight excluding hydrogens is 233 g/mol. The Hall–Kier alpha value is -0.440. The Labute approximate surface area is 100 Å². The van der Waals surface area contributed by atoms with Crippen molar-refractivity contribution in [2.45, 2.75) is 13.8 Å². The predicted molar refractivity (Wildman–Crippen MR) is 65.9 cm³/mol. The Balaban J connectivity index is 2.73. The van der Waals surface area contributed by atoms with Crippen molar-refractivity contribution in [3.05, 3.63) is 27.7 Å². The highest BCUT2D eigenvalue weighted by Gasteiger charge is 2.05. The molecule has 1 aromatic carbocycles. The zero-order valence-corrected chi connectivity index (χ0v) is 10.4. The number of benzene rings is 1. The van der Waals surface area contributed by atoms with Crippen molar-refractivity contribution in [3.63, 3.8) is 0 Å². The summed E-state index contributed by atoms with van der Waals surface area (Å²) < 4.78 is 0. The molecule has 1 atom stereocenters. The summed E-state index contributed by atoms with van der Waals surface area (Å²) in [6.07, 6.45) is 0. The second-order valence-corrected chi connectivity index (χ2v) is 4.56. The lowest BCUT2D eigenvalue weighted by molar-refractivity contribution is 0.244. The molecule has 0 aliphatic rings. The van der Waals surface area contributed by atoms with Crippen molar-refractivity contribution in [3.8, 4) is 0 Å². The van der Waals surface area contributed by atoms with Crippen LogP contribution in [-0.2, 0) is 0 Å². The number of aliphatic hydroxyl groups is 1. The topological polar surface area (TPSA) is 32.3 Å². The largest absolute Gasteiger partial charge is 0.396 e. The van der Waals surface area contributed by atoms with Crippen LogP contribution in [0.4, 0.5) is 5.69 Å². The molecule has 1 unspecified atom stereocenters. The standard InChI is InChI=1S/C11H15Cl2NO/c1-7(6-15)5-14-11-4-9(12)8(2)3-10(11)13/h3-4,7,14-15H,5-6H2,1-2H3. The first-order chi connectivity index (χ1) is 7.04. The second-order valence-electron chi connectivity index (χ2n) is 3.75. The number of hydrogen-bond acceptors (Lipinski definition) is 2. The van der Waals surface area contributed by atoms with E-state index < -0.39 is 0 Å². The maximum Gasteiger partial charge on any atom is 0.0641 e. The third-order valence-electron chi connectivity index (χ3n) is 2.20. The van der Waals surface area contributed by atoms with Crippen LogP contribution in [0, 0.1) is 12.8 Å². The van der Waals surface area contributed by atoms with E-state index in [1.54, 1.807) is 0 Å². The molecule has 15 heavy (non-hydrogen) atoms.